The molecule has 0 N–H and O–H groups in total. The first-order valence-corrected chi connectivity index (χ1v) is 8.79. The summed E-state index contributed by atoms with van der Waals surface area (Å²) in [5, 5.41) is 0. The average Bonchev–Trinajstić information content (AvgIpc) is 3.09. The molecule has 2 saturated heterocycles. The summed E-state index contributed by atoms with van der Waals surface area (Å²) in [5.41, 5.74) is 1.29. The fraction of sp³-hybridized carbons (Fsp3) is 0.667. The first-order valence-electron chi connectivity index (χ1n) is 8.79. The molecule has 0 aromatic carbocycles. The Hall–Kier alpha value is -1.60. The molecule has 3 heterocycles. The fourth-order valence-electron chi connectivity index (χ4n) is 3.27. The van der Waals surface area contributed by atoms with Crippen molar-refractivity contribution >= 4 is 24.4 Å². The van der Waals surface area contributed by atoms with Crippen molar-refractivity contribution < 1.29 is 18.8 Å². The normalized spacial score (nSPS) is 24.6. The highest BCUT2D eigenvalue weighted by Crippen LogP contribution is 2.36. The highest BCUT2D eigenvalue weighted by Gasteiger charge is 2.52. The number of carbonyl (C=O) groups excluding carboxylic acids is 1. The number of aromatic nitrogens is 1. The second-order valence-electron chi connectivity index (χ2n) is 7.94. The first kappa shape index (κ1) is 18.2. The van der Waals surface area contributed by atoms with Crippen LogP contribution < -0.4 is 10.4 Å². The van der Waals surface area contributed by atoms with Crippen LogP contribution in [0.1, 0.15) is 39.7 Å². The number of hydrogen-bond acceptors (Lipinski definition) is 6. The molecule has 0 amide bonds. The molecule has 0 saturated carbocycles. The molecule has 3 rings (SSSR count). The Labute approximate surface area is 150 Å². The molecule has 0 spiro atoms. The van der Waals surface area contributed by atoms with Crippen molar-refractivity contribution in [3.63, 3.8) is 0 Å². The van der Waals surface area contributed by atoms with E-state index in [4.69, 9.17) is 14.0 Å². The molecule has 136 valence electrons. The van der Waals surface area contributed by atoms with Crippen LogP contribution in [0.5, 0.6) is 0 Å². The quantitative estimate of drug-likeness (QED) is 0.613. The van der Waals surface area contributed by atoms with Gasteiger partial charge in [0.25, 0.3) is 0 Å². The van der Waals surface area contributed by atoms with Gasteiger partial charge in [-0.2, -0.15) is 0 Å². The summed E-state index contributed by atoms with van der Waals surface area (Å²) in [6.45, 7) is 11.7. The van der Waals surface area contributed by atoms with E-state index in [-0.39, 0.29) is 23.1 Å². The molecule has 2 aliphatic heterocycles. The van der Waals surface area contributed by atoms with Gasteiger partial charge in [0.15, 0.2) is 0 Å². The minimum atomic E-state index is -0.409. The molecule has 0 bridgehead atoms. The van der Waals surface area contributed by atoms with E-state index in [0.29, 0.717) is 6.54 Å². The molecule has 2 aliphatic rings. The minimum Gasteiger partial charge on any atom is -0.469 e. The monoisotopic (exact) mass is 346 g/mol. The molecule has 1 aromatic heterocycles. The summed E-state index contributed by atoms with van der Waals surface area (Å²) >= 11 is 0. The van der Waals surface area contributed by atoms with E-state index < -0.39 is 7.12 Å². The van der Waals surface area contributed by atoms with Crippen molar-refractivity contribution in [1.29, 1.82) is 0 Å². The lowest BCUT2D eigenvalue weighted by Gasteiger charge is -2.32. The Balaban J connectivity index is 1.76. The number of methoxy groups -OCH3 is 1. The highest BCUT2D eigenvalue weighted by molar-refractivity contribution is 6.62. The summed E-state index contributed by atoms with van der Waals surface area (Å²) in [4.78, 5) is 18.4. The SMILES string of the molecule is COC(=O)[C@@H]1CCN(c2cc(C)c(B3OC(C)(C)C(C)(C)O3)cn2)C1. The zero-order valence-corrected chi connectivity index (χ0v) is 16.0. The summed E-state index contributed by atoms with van der Waals surface area (Å²) in [7, 11) is 1.03. The lowest BCUT2D eigenvalue weighted by molar-refractivity contribution is -0.144. The third-order valence-corrected chi connectivity index (χ3v) is 5.69. The number of aryl methyl sites for hydroxylation is 1. The average molecular weight is 346 g/mol. The second kappa shape index (κ2) is 6.29. The van der Waals surface area contributed by atoms with E-state index in [1.54, 1.807) is 0 Å². The molecule has 0 radical (unpaired) electrons. The van der Waals surface area contributed by atoms with E-state index in [1.807, 2.05) is 46.9 Å². The Kier molecular flexibility index (Phi) is 4.58. The molecule has 2 fully saturated rings. The van der Waals surface area contributed by atoms with Crippen LogP contribution in [0.25, 0.3) is 0 Å². The topological polar surface area (TPSA) is 60.9 Å². The first-order chi connectivity index (χ1) is 11.6. The van der Waals surface area contributed by atoms with E-state index >= 15 is 0 Å². The zero-order valence-electron chi connectivity index (χ0n) is 16.0. The molecule has 0 aliphatic carbocycles. The maximum absolute atomic E-state index is 11.7. The minimum absolute atomic E-state index is 0.0742. The second-order valence-corrected chi connectivity index (χ2v) is 7.94. The van der Waals surface area contributed by atoms with Crippen LogP contribution in [0.2, 0.25) is 0 Å². The molecule has 7 heteroatoms. The lowest BCUT2D eigenvalue weighted by atomic mass is 9.77. The maximum Gasteiger partial charge on any atom is 0.496 e. The van der Waals surface area contributed by atoms with Crippen molar-refractivity contribution in [2.24, 2.45) is 5.92 Å². The number of esters is 1. The van der Waals surface area contributed by atoms with Crippen LogP contribution >= 0.6 is 0 Å². The van der Waals surface area contributed by atoms with Crippen molar-refractivity contribution in [2.45, 2.75) is 52.2 Å². The van der Waals surface area contributed by atoms with Crippen LogP contribution in [0, 0.1) is 12.8 Å². The smallest absolute Gasteiger partial charge is 0.469 e. The maximum atomic E-state index is 11.7. The van der Waals surface area contributed by atoms with E-state index in [2.05, 4.69) is 9.88 Å². The molecular weight excluding hydrogens is 319 g/mol. The molecule has 0 unspecified atom stereocenters. The van der Waals surface area contributed by atoms with Crippen molar-refractivity contribution in [1.82, 2.24) is 4.98 Å². The third-order valence-electron chi connectivity index (χ3n) is 5.69. The number of rotatable bonds is 3. The Bertz CT molecular complexity index is 661. The van der Waals surface area contributed by atoms with Gasteiger partial charge >= 0.3 is 13.1 Å². The standard InChI is InChI=1S/C18H27BN2O4/c1-12-9-15(21-8-7-13(11-21)16(22)23-6)20-10-14(12)19-24-17(2,3)18(4,5)25-19/h9-10,13H,7-8,11H2,1-6H3/t13-/m1/s1. The molecule has 25 heavy (non-hydrogen) atoms. The number of carbonyl (C=O) groups is 1. The Morgan fingerprint density at radius 3 is 2.52 bits per heavy atom. The van der Waals surface area contributed by atoms with Crippen LogP contribution in [-0.2, 0) is 18.8 Å². The van der Waals surface area contributed by atoms with Crippen molar-refractivity contribution in [2.75, 3.05) is 25.1 Å². The summed E-state index contributed by atoms with van der Waals surface area (Å²) in [5.74, 6) is 0.659. The Morgan fingerprint density at radius 1 is 1.32 bits per heavy atom. The van der Waals surface area contributed by atoms with E-state index in [9.17, 15) is 4.79 Å². The molecular formula is C18H27BN2O4. The molecule has 6 nitrogen and oxygen atoms in total. The van der Waals surface area contributed by atoms with Gasteiger partial charge in [0.05, 0.1) is 24.2 Å². The van der Waals surface area contributed by atoms with Gasteiger partial charge in [0, 0.05) is 24.7 Å². The number of ether oxygens (including phenoxy) is 1. The number of pyridine rings is 1. The zero-order chi connectivity index (χ0) is 18.4. The van der Waals surface area contributed by atoms with E-state index in [1.165, 1.54) is 7.11 Å². The fourth-order valence-corrected chi connectivity index (χ4v) is 3.27. The lowest BCUT2D eigenvalue weighted by Crippen LogP contribution is -2.41. The number of anilines is 1. The van der Waals surface area contributed by atoms with Gasteiger partial charge in [-0.15, -0.1) is 0 Å². The van der Waals surface area contributed by atoms with Gasteiger partial charge in [-0.1, -0.05) is 0 Å². The van der Waals surface area contributed by atoms with Crippen molar-refractivity contribution in [3.05, 3.63) is 17.8 Å². The van der Waals surface area contributed by atoms with Crippen molar-refractivity contribution in [3.8, 4) is 0 Å². The van der Waals surface area contributed by atoms with Gasteiger partial charge in [-0.25, -0.2) is 4.98 Å². The summed E-state index contributed by atoms with van der Waals surface area (Å²) in [6.07, 6.45) is 2.63. The third kappa shape index (κ3) is 3.27. The summed E-state index contributed by atoms with van der Waals surface area (Å²) < 4.78 is 17.1. The van der Waals surface area contributed by atoms with Gasteiger partial charge in [-0.3, -0.25) is 4.79 Å². The Morgan fingerprint density at radius 2 is 1.96 bits per heavy atom. The largest absolute Gasteiger partial charge is 0.496 e. The molecule has 1 aromatic rings. The van der Waals surface area contributed by atoms with E-state index in [0.717, 1.165) is 29.8 Å². The van der Waals surface area contributed by atoms with Gasteiger partial charge < -0.3 is 18.9 Å². The van der Waals surface area contributed by atoms with Crippen LogP contribution in [-0.4, -0.2) is 49.5 Å². The van der Waals surface area contributed by atoms with Gasteiger partial charge in [-0.05, 0) is 52.7 Å². The van der Waals surface area contributed by atoms with Gasteiger partial charge in [0.1, 0.15) is 5.82 Å². The summed E-state index contributed by atoms with van der Waals surface area (Å²) in [6, 6.07) is 2.04. The number of nitrogens with zero attached hydrogens (tertiary/aromatic N) is 2. The van der Waals surface area contributed by atoms with Gasteiger partial charge in [0.2, 0.25) is 0 Å². The molecule has 1 atom stereocenters. The van der Waals surface area contributed by atoms with Crippen LogP contribution in [0.4, 0.5) is 5.82 Å². The van der Waals surface area contributed by atoms with Crippen LogP contribution in [0.15, 0.2) is 12.3 Å². The van der Waals surface area contributed by atoms with Crippen LogP contribution in [0.3, 0.4) is 0 Å². The predicted molar refractivity (Wildman–Crippen MR) is 97.0 cm³/mol. The predicted octanol–water partition coefficient (Wildman–Crippen LogP) is 1.69. The number of hydrogen-bond donors (Lipinski definition) is 0. The highest BCUT2D eigenvalue weighted by atomic mass is 16.7.